The number of carbonyl (C=O) groups is 1. The molecule has 2 rings (SSSR count). The molecule has 1 saturated heterocycles. The van der Waals surface area contributed by atoms with Crippen molar-refractivity contribution in [3.63, 3.8) is 0 Å². The summed E-state index contributed by atoms with van der Waals surface area (Å²) in [6.07, 6.45) is 0.914. The predicted octanol–water partition coefficient (Wildman–Crippen LogP) is 2.21. The van der Waals surface area contributed by atoms with Crippen molar-refractivity contribution < 1.29 is 23.4 Å². The second kappa shape index (κ2) is 7.23. The number of hydrogen-bond donors (Lipinski definition) is 2. The quantitative estimate of drug-likeness (QED) is 0.891. The summed E-state index contributed by atoms with van der Waals surface area (Å²) in [7, 11) is 1.55. The van der Waals surface area contributed by atoms with Gasteiger partial charge >= 0.3 is 6.03 Å². The van der Waals surface area contributed by atoms with Crippen molar-refractivity contribution in [3.05, 3.63) is 35.4 Å². The van der Waals surface area contributed by atoms with Crippen molar-refractivity contribution >= 4 is 6.03 Å². The molecule has 2 N–H and O–H groups in total. The van der Waals surface area contributed by atoms with Crippen molar-refractivity contribution in [2.75, 3.05) is 26.8 Å². The van der Waals surface area contributed by atoms with Crippen molar-refractivity contribution in [1.29, 1.82) is 0 Å². The van der Waals surface area contributed by atoms with Crippen molar-refractivity contribution in [2.45, 2.75) is 31.4 Å². The molecule has 1 aliphatic rings. The Morgan fingerprint density at radius 2 is 2.09 bits per heavy atom. The first kappa shape index (κ1) is 17.6. The topological polar surface area (TPSA) is 61.8 Å². The van der Waals surface area contributed by atoms with E-state index in [1.807, 2.05) is 0 Å². The third-order valence-electron chi connectivity index (χ3n) is 4.09. The Morgan fingerprint density at radius 3 is 2.74 bits per heavy atom. The summed E-state index contributed by atoms with van der Waals surface area (Å²) < 4.78 is 32.2. The zero-order valence-electron chi connectivity index (χ0n) is 13.3. The third kappa shape index (κ3) is 4.39. The van der Waals surface area contributed by atoms with E-state index in [1.54, 1.807) is 14.0 Å². The molecule has 0 aliphatic carbocycles. The Kier molecular flexibility index (Phi) is 5.54. The molecule has 1 atom stereocenters. The summed E-state index contributed by atoms with van der Waals surface area (Å²) in [5.74, 6) is -1.92. The number of ether oxygens (including phenoxy) is 1. The molecule has 0 unspecified atom stereocenters. The molecule has 2 amide bonds. The molecule has 1 aromatic rings. The highest BCUT2D eigenvalue weighted by molar-refractivity contribution is 5.74. The van der Waals surface area contributed by atoms with E-state index in [-0.39, 0.29) is 12.1 Å². The van der Waals surface area contributed by atoms with Crippen LogP contribution >= 0.6 is 0 Å². The Balaban J connectivity index is 1.96. The van der Waals surface area contributed by atoms with E-state index in [4.69, 9.17) is 4.74 Å². The minimum atomic E-state index is -0.975. The van der Waals surface area contributed by atoms with Gasteiger partial charge in [-0.2, -0.15) is 0 Å². The van der Waals surface area contributed by atoms with E-state index in [1.165, 1.54) is 17.0 Å². The average Bonchev–Trinajstić information content (AvgIpc) is 2.50. The van der Waals surface area contributed by atoms with Crippen LogP contribution in [0.1, 0.15) is 31.4 Å². The minimum absolute atomic E-state index is 0.0801. The summed E-state index contributed by atoms with van der Waals surface area (Å²) in [5, 5.41) is 13.0. The zero-order chi connectivity index (χ0) is 17.0. The lowest BCUT2D eigenvalue weighted by molar-refractivity contribution is -0.0723. The summed E-state index contributed by atoms with van der Waals surface area (Å²) >= 11 is 0. The number of carbonyl (C=O) groups excluding carboxylic acids is 1. The second-order valence-electron chi connectivity index (χ2n) is 6.01. The van der Waals surface area contributed by atoms with E-state index >= 15 is 0 Å². The molecule has 0 aromatic heterocycles. The van der Waals surface area contributed by atoms with Gasteiger partial charge in [-0.05, 0) is 13.0 Å². The fraction of sp³-hybridized carbons (Fsp3) is 0.562. The second-order valence-corrected chi connectivity index (χ2v) is 6.01. The molecular weight excluding hydrogens is 306 g/mol. The van der Waals surface area contributed by atoms with Crippen LogP contribution in [0.4, 0.5) is 13.6 Å². The van der Waals surface area contributed by atoms with E-state index in [0.29, 0.717) is 26.1 Å². The van der Waals surface area contributed by atoms with Crippen molar-refractivity contribution in [3.8, 4) is 0 Å². The molecule has 1 heterocycles. The highest BCUT2D eigenvalue weighted by atomic mass is 19.2. The number of hydrogen-bond acceptors (Lipinski definition) is 3. The minimum Gasteiger partial charge on any atom is -0.388 e. The summed E-state index contributed by atoms with van der Waals surface area (Å²) in [6.45, 7) is 2.64. The molecule has 128 valence electrons. The number of likely N-dealkylation sites (N-methyl/N-ethyl adjacent to an activating group) is 1. The van der Waals surface area contributed by atoms with Crippen LogP contribution in [0.2, 0.25) is 0 Å². The molecule has 0 saturated carbocycles. The Labute approximate surface area is 134 Å². The van der Waals surface area contributed by atoms with Gasteiger partial charge in [-0.15, -0.1) is 0 Å². The molecule has 0 bridgehead atoms. The number of halogens is 2. The van der Waals surface area contributed by atoms with Gasteiger partial charge in [-0.1, -0.05) is 12.1 Å². The first-order valence-electron chi connectivity index (χ1n) is 7.58. The highest BCUT2D eigenvalue weighted by Gasteiger charge is 2.32. The molecule has 1 aromatic carbocycles. The lowest BCUT2D eigenvalue weighted by Gasteiger charge is -2.35. The molecule has 0 spiro atoms. The van der Waals surface area contributed by atoms with Gasteiger partial charge in [0.05, 0.1) is 18.2 Å². The van der Waals surface area contributed by atoms with Crippen LogP contribution in [0.15, 0.2) is 18.2 Å². The van der Waals surface area contributed by atoms with Crippen LogP contribution in [0, 0.1) is 11.6 Å². The summed E-state index contributed by atoms with van der Waals surface area (Å²) in [6, 6.07) is 2.70. The fourth-order valence-corrected chi connectivity index (χ4v) is 2.65. The normalized spacial score (nSPS) is 18.3. The number of nitrogens with zero attached hydrogens (tertiary/aromatic N) is 1. The number of rotatable bonds is 4. The lowest BCUT2D eigenvalue weighted by Crippen LogP contribution is -2.50. The maximum absolute atomic E-state index is 13.7. The van der Waals surface area contributed by atoms with Crippen LogP contribution < -0.4 is 5.32 Å². The number of aliphatic hydroxyl groups is 1. The summed E-state index contributed by atoms with van der Waals surface area (Å²) in [4.78, 5) is 13.5. The number of urea groups is 1. The maximum atomic E-state index is 13.7. The SMILES string of the molecule is C[C@H](NC(=O)N(C)CC1(O)CCOCC1)c1cccc(F)c1F. The molecular formula is C16H22F2N2O3. The maximum Gasteiger partial charge on any atom is 0.317 e. The van der Waals surface area contributed by atoms with Crippen LogP contribution in [-0.2, 0) is 4.74 Å². The third-order valence-corrected chi connectivity index (χ3v) is 4.09. The molecule has 1 aliphatic heterocycles. The standard InChI is InChI=1S/C16H22F2N2O3/c1-11(12-4-3-5-13(17)14(12)18)19-15(21)20(2)10-16(22)6-8-23-9-7-16/h3-5,11,22H,6-10H2,1-2H3,(H,19,21)/t11-/m0/s1. The molecule has 1 fully saturated rings. The molecule has 5 nitrogen and oxygen atoms in total. The number of amides is 2. The van der Waals surface area contributed by atoms with Crippen LogP contribution in [-0.4, -0.2) is 48.4 Å². The first-order valence-corrected chi connectivity index (χ1v) is 7.58. The smallest absolute Gasteiger partial charge is 0.317 e. The largest absolute Gasteiger partial charge is 0.388 e. The van der Waals surface area contributed by atoms with Gasteiger partial charge < -0.3 is 20.1 Å². The van der Waals surface area contributed by atoms with E-state index in [2.05, 4.69) is 5.32 Å². The van der Waals surface area contributed by atoms with Crippen LogP contribution in [0.25, 0.3) is 0 Å². The number of nitrogens with one attached hydrogen (secondary N) is 1. The Bertz CT molecular complexity index is 562. The zero-order valence-corrected chi connectivity index (χ0v) is 13.3. The van der Waals surface area contributed by atoms with Gasteiger partial charge in [0.25, 0.3) is 0 Å². The lowest BCUT2D eigenvalue weighted by atomic mass is 9.94. The average molecular weight is 328 g/mol. The monoisotopic (exact) mass is 328 g/mol. The van der Waals surface area contributed by atoms with Crippen LogP contribution in [0.3, 0.4) is 0 Å². The summed E-state index contributed by atoms with van der Waals surface area (Å²) in [5.41, 5.74) is -0.894. The van der Waals surface area contributed by atoms with E-state index < -0.39 is 29.3 Å². The Morgan fingerprint density at radius 1 is 1.43 bits per heavy atom. The molecule has 7 heteroatoms. The van der Waals surface area contributed by atoms with Gasteiger partial charge in [0, 0.05) is 38.7 Å². The van der Waals surface area contributed by atoms with E-state index in [9.17, 15) is 18.7 Å². The highest BCUT2D eigenvalue weighted by Crippen LogP contribution is 2.22. The van der Waals surface area contributed by atoms with Crippen LogP contribution in [0.5, 0.6) is 0 Å². The van der Waals surface area contributed by atoms with Gasteiger partial charge in [0.1, 0.15) is 0 Å². The predicted molar refractivity (Wildman–Crippen MR) is 80.9 cm³/mol. The van der Waals surface area contributed by atoms with Crippen molar-refractivity contribution in [1.82, 2.24) is 10.2 Å². The van der Waals surface area contributed by atoms with Gasteiger partial charge in [-0.3, -0.25) is 0 Å². The van der Waals surface area contributed by atoms with Crippen molar-refractivity contribution in [2.24, 2.45) is 0 Å². The van der Waals surface area contributed by atoms with E-state index in [0.717, 1.165) is 6.07 Å². The molecule has 23 heavy (non-hydrogen) atoms. The Hall–Kier alpha value is -1.73. The fourth-order valence-electron chi connectivity index (χ4n) is 2.65. The molecule has 0 radical (unpaired) electrons. The van der Waals surface area contributed by atoms with Gasteiger partial charge in [0.15, 0.2) is 11.6 Å². The van der Waals surface area contributed by atoms with Gasteiger partial charge in [0.2, 0.25) is 0 Å². The first-order chi connectivity index (χ1) is 10.8. The van der Waals surface area contributed by atoms with Gasteiger partial charge in [-0.25, -0.2) is 13.6 Å². The number of benzene rings is 1.